The van der Waals surface area contributed by atoms with Gasteiger partial charge in [-0.1, -0.05) is 41.0 Å². The molecule has 1 aromatic heterocycles. The molecule has 0 amide bonds. The molecule has 10 heteroatoms. The Morgan fingerprint density at radius 2 is 1.62 bits per heavy atom. The largest absolute Gasteiger partial charge is 0.338 e. The van der Waals surface area contributed by atoms with Gasteiger partial charge in [-0.05, 0) is 41.8 Å². The molecule has 2 aliphatic heterocycles. The van der Waals surface area contributed by atoms with Crippen LogP contribution in [0.4, 0.5) is 0 Å². The molecule has 0 saturated carbocycles. The van der Waals surface area contributed by atoms with Crippen LogP contribution >= 0.6 is 11.6 Å². The van der Waals surface area contributed by atoms with Crippen LogP contribution in [0.15, 0.2) is 53.1 Å². The van der Waals surface area contributed by atoms with E-state index in [-0.39, 0.29) is 0 Å². The van der Waals surface area contributed by atoms with Crippen LogP contribution in [0.3, 0.4) is 0 Å². The average Bonchev–Trinajstić information content (AvgIpc) is 3.28. The number of benzene rings is 2. The van der Waals surface area contributed by atoms with Crippen LogP contribution in [0.2, 0.25) is 5.02 Å². The van der Waals surface area contributed by atoms with E-state index in [1.165, 1.54) is 5.56 Å². The second-order valence-corrected chi connectivity index (χ2v) is 10.4. The van der Waals surface area contributed by atoms with Crippen molar-refractivity contribution >= 4 is 21.8 Å². The van der Waals surface area contributed by atoms with Gasteiger partial charge in [-0.15, -0.1) is 0 Å². The number of rotatable bonds is 5. The highest BCUT2D eigenvalue weighted by Gasteiger charge is 2.34. The van der Waals surface area contributed by atoms with Gasteiger partial charge in [0.1, 0.15) is 0 Å². The highest BCUT2D eigenvalue weighted by Crippen LogP contribution is 2.24. The van der Waals surface area contributed by atoms with E-state index in [9.17, 15) is 8.42 Å². The summed E-state index contributed by atoms with van der Waals surface area (Å²) in [5.41, 5.74) is 3.17. The van der Waals surface area contributed by atoms with Crippen molar-refractivity contribution in [2.75, 3.05) is 32.7 Å². The molecule has 32 heavy (non-hydrogen) atoms. The number of aromatic nitrogens is 2. The Labute approximate surface area is 192 Å². The molecule has 0 unspecified atom stereocenters. The number of halogens is 1. The van der Waals surface area contributed by atoms with E-state index in [0.717, 1.165) is 17.5 Å². The lowest BCUT2D eigenvalue weighted by Crippen LogP contribution is -2.53. The Kier molecular flexibility index (Phi) is 6.00. The van der Waals surface area contributed by atoms with Crippen LogP contribution in [-0.2, 0) is 29.7 Å². The Hall–Kier alpha value is -2.30. The predicted molar refractivity (Wildman–Crippen MR) is 121 cm³/mol. The van der Waals surface area contributed by atoms with Crippen molar-refractivity contribution < 1.29 is 12.9 Å². The predicted octanol–water partition coefficient (Wildman–Crippen LogP) is 2.81. The van der Waals surface area contributed by atoms with Crippen LogP contribution in [0, 0.1) is 0 Å². The van der Waals surface area contributed by atoms with Gasteiger partial charge in [-0.3, -0.25) is 4.90 Å². The summed E-state index contributed by atoms with van der Waals surface area (Å²) in [7, 11) is -3.48. The maximum absolute atomic E-state index is 13.2. The second kappa shape index (κ2) is 8.92. The van der Waals surface area contributed by atoms with Gasteiger partial charge in [0, 0.05) is 49.9 Å². The Morgan fingerprint density at radius 3 is 2.38 bits per heavy atom. The molecule has 3 aromatic rings. The van der Waals surface area contributed by atoms with Gasteiger partial charge in [-0.25, -0.2) is 0 Å². The summed E-state index contributed by atoms with van der Waals surface area (Å²) < 4.78 is 35.0. The van der Waals surface area contributed by atoms with E-state index in [2.05, 4.69) is 21.1 Å². The molecular formula is C22H24ClN5O3S. The first-order chi connectivity index (χ1) is 15.5. The van der Waals surface area contributed by atoms with Gasteiger partial charge in [0.05, 0.1) is 6.54 Å². The first kappa shape index (κ1) is 21.5. The number of hydrogen-bond acceptors (Lipinski definition) is 6. The summed E-state index contributed by atoms with van der Waals surface area (Å²) in [6.07, 6.45) is 0.752. The molecule has 0 spiro atoms. The normalized spacial score (nSPS) is 18.5. The van der Waals surface area contributed by atoms with Gasteiger partial charge in [-0.2, -0.15) is 22.0 Å². The van der Waals surface area contributed by atoms with Crippen molar-refractivity contribution in [2.45, 2.75) is 19.5 Å². The number of nitrogens with zero attached hydrogens (tertiary/aromatic N) is 5. The minimum Gasteiger partial charge on any atom is -0.338 e. The molecule has 2 aliphatic rings. The number of hydrogen-bond donors (Lipinski definition) is 0. The van der Waals surface area contributed by atoms with E-state index in [1.54, 1.807) is 20.7 Å². The minimum absolute atomic E-state index is 0.439. The summed E-state index contributed by atoms with van der Waals surface area (Å²) in [6.45, 7) is 3.57. The molecule has 2 aromatic carbocycles. The first-order valence-corrected chi connectivity index (χ1v) is 12.4. The fourth-order valence-corrected chi connectivity index (χ4v) is 5.88. The van der Waals surface area contributed by atoms with E-state index in [4.69, 9.17) is 16.1 Å². The third-order valence-corrected chi connectivity index (χ3v) is 8.24. The molecule has 0 N–H and O–H groups in total. The molecule has 0 atom stereocenters. The van der Waals surface area contributed by atoms with E-state index in [1.807, 2.05) is 30.3 Å². The number of fused-ring (bicyclic) bond motifs is 1. The molecule has 8 nitrogen and oxygen atoms in total. The topological polar surface area (TPSA) is 82.8 Å². The van der Waals surface area contributed by atoms with Crippen molar-refractivity contribution in [3.8, 4) is 11.4 Å². The third-order valence-electron chi connectivity index (χ3n) is 6.01. The SMILES string of the molecule is O=S(=O)(N1CCN(Cc2nc(-c3ccc(Cl)cc3)no2)CC1)N1CCc2ccccc2C1. The summed E-state index contributed by atoms with van der Waals surface area (Å²) in [4.78, 5) is 6.60. The highest BCUT2D eigenvalue weighted by molar-refractivity contribution is 7.86. The quantitative estimate of drug-likeness (QED) is 0.566. The monoisotopic (exact) mass is 473 g/mol. The van der Waals surface area contributed by atoms with Gasteiger partial charge >= 0.3 is 0 Å². The Bertz CT molecular complexity index is 1190. The van der Waals surface area contributed by atoms with Gasteiger partial charge in [0.25, 0.3) is 10.2 Å². The van der Waals surface area contributed by atoms with E-state index in [0.29, 0.717) is 62.6 Å². The number of piperazine rings is 1. The average molecular weight is 474 g/mol. The first-order valence-electron chi connectivity index (χ1n) is 10.6. The summed E-state index contributed by atoms with van der Waals surface area (Å²) in [5.74, 6) is 1.03. The lowest BCUT2D eigenvalue weighted by Gasteiger charge is -2.37. The second-order valence-electron chi connectivity index (χ2n) is 8.05. The summed E-state index contributed by atoms with van der Waals surface area (Å²) >= 11 is 5.93. The zero-order valence-corrected chi connectivity index (χ0v) is 19.1. The molecule has 0 radical (unpaired) electrons. The molecule has 168 valence electrons. The molecule has 5 rings (SSSR count). The fraction of sp³-hybridized carbons (Fsp3) is 0.364. The zero-order chi connectivity index (χ0) is 22.1. The zero-order valence-electron chi connectivity index (χ0n) is 17.5. The maximum Gasteiger partial charge on any atom is 0.282 e. The van der Waals surface area contributed by atoms with Gasteiger partial charge in [0.15, 0.2) is 0 Å². The van der Waals surface area contributed by atoms with E-state index >= 15 is 0 Å². The fourth-order valence-electron chi connectivity index (χ4n) is 4.18. The molecule has 1 saturated heterocycles. The van der Waals surface area contributed by atoms with Crippen LogP contribution in [0.1, 0.15) is 17.0 Å². The smallest absolute Gasteiger partial charge is 0.282 e. The Balaban J connectivity index is 1.18. The molecule has 0 aliphatic carbocycles. The molecule has 0 bridgehead atoms. The Morgan fingerprint density at radius 1 is 0.906 bits per heavy atom. The van der Waals surface area contributed by atoms with E-state index < -0.39 is 10.2 Å². The van der Waals surface area contributed by atoms with Gasteiger partial charge in [0.2, 0.25) is 11.7 Å². The van der Waals surface area contributed by atoms with Crippen molar-refractivity contribution in [1.29, 1.82) is 0 Å². The van der Waals surface area contributed by atoms with Crippen molar-refractivity contribution in [2.24, 2.45) is 0 Å². The van der Waals surface area contributed by atoms with Crippen molar-refractivity contribution in [3.63, 3.8) is 0 Å². The van der Waals surface area contributed by atoms with Crippen molar-refractivity contribution in [3.05, 3.63) is 70.6 Å². The van der Waals surface area contributed by atoms with Crippen LogP contribution in [0.25, 0.3) is 11.4 Å². The third kappa shape index (κ3) is 4.44. The lowest BCUT2D eigenvalue weighted by molar-refractivity contribution is 0.157. The maximum atomic E-state index is 13.2. The standard InChI is InChI=1S/C22H24ClN5O3S/c23-20-7-5-18(6-8-20)22-24-21(31-25-22)16-26-11-13-27(14-12-26)32(29,30)28-10-9-17-3-1-2-4-19(17)15-28/h1-8H,9-16H2. The van der Waals surface area contributed by atoms with Crippen molar-refractivity contribution in [1.82, 2.24) is 23.7 Å². The van der Waals surface area contributed by atoms with Gasteiger partial charge < -0.3 is 4.52 Å². The van der Waals surface area contributed by atoms with Crippen LogP contribution in [-0.4, -0.2) is 64.8 Å². The minimum atomic E-state index is -3.48. The van der Waals surface area contributed by atoms with Crippen LogP contribution < -0.4 is 0 Å². The molecule has 1 fully saturated rings. The summed E-state index contributed by atoms with van der Waals surface area (Å²) in [6, 6.07) is 15.3. The highest BCUT2D eigenvalue weighted by atomic mass is 35.5. The van der Waals surface area contributed by atoms with Crippen LogP contribution in [0.5, 0.6) is 0 Å². The molecular weight excluding hydrogens is 450 g/mol. The molecule has 3 heterocycles. The summed E-state index contributed by atoms with van der Waals surface area (Å²) in [5, 5.41) is 4.70. The lowest BCUT2D eigenvalue weighted by atomic mass is 10.0.